The molecule has 1 aliphatic rings. The molecule has 1 heterocycles. The van der Waals surface area contributed by atoms with Gasteiger partial charge in [-0.15, -0.1) is 0 Å². The summed E-state index contributed by atoms with van der Waals surface area (Å²) < 4.78 is 0. The van der Waals surface area contributed by atoms with Crippen LogP contribution in [-0.2, 0) is 9.59 Å². The molecule has 0 unspecified atom stereocenters. The van der Waals surface area contributed by atoms with Crippen LogP contribution >= 0.6 is 0 Å². The molecule has 1 fully saturated rings. The van der Waals surface area contributed by atoms with Gasteiger partial charge in [0.15, 0.2) is 0 Å². The fourth-order valence-electron chi connectivity index (χ4n) is 1.65. The van der Waals surface area contributed by atoms with Crippen LogP contribution in [0.5, 0.6) is 0 Å². The summed E-state index contributed by atoms with van der Waals surface area (Å²) >= 11 is 0. The summed E-state index contributed by atoms with van der Waals surface area (Å²) in [6, 6.07) is 0. The number of hydrogen-bond acceptors (Lipinski definition) is 3. The maximum atomic E-state index is 11.5. The summed E-state index contributed by atoms with van der Waals surface area (Å²) in [4.78, 5) is 25.9. The number of rotatable bonds is 4. The Bertz CT molecular complexity index is 253. The van der Waals surface area contributed by atoms with Crippen molar-refractivity contribution >= 4 is 11.9 Å². The molecule has 0 radical (unpaired) electrons. The highest BCUT2D eigenvalue weighted by atomic mass is 16.4. The minimum atomic E-state index is -0.794. The monoisotopic (exact) mass is 214 g/mol. The highest BCUT2D eigenvalue weighted by Crippen LogP contribution is 2.17. The number of aliphatic carboxylic acids is 1. The van der Waals surface area contributed by atoms with Gasteiger partial charge in [0, 0.05) is 26.1 Å². The fraction of sp³-hybridized carbons (Fsp3) is 0.800. The summed E-state index contributed by atoms with van der Waals surface area (Å²) in [7, 11) is 3.87. The number of nitrogens with zero attached hydrogens (tertiary/aromatic N) is 2. The minimum Gasteiger partial charge on any atom is -0.481 e. The molecule has 0 bridgehead atoms. The lowest BCUT2D eigenvalue weighted by molar-refractivity contribution is -0.147. The van der Waals surface area contributed by atoms with Gasteiger partial charge < -0.3 is 14.9 Å². The average Bonchev–Trinajstić information content (AvgIpc) is 2.16. The second-order valence-electron chi connectivity index (χ2n) is 4.22. The van der Waals surface area contributed by atoms with Gasteiger partial charge in [-0.2, -0.15) is 0 Å². The van der Waals surface area contributed by atoms with Gasteiger partial charge >= 0.3 is 5.97 Å². The van der Waals surface area contributed by atoms with Gasteiger partial charge in [-0.25, -0.2) is 0 Å². The van der Waals surface area contributed by atoms with E-state index in [1.807, 2.05) is 19.0 Å². The molecule has 86 valence electrons. The smallest absolute Gasteiger partial charge is 0.308 e. The van der Waals surface area contributed by atoms with Gasteiger partial charge in [0.2, 0.25) is 5.91 Å². The third-order valence-electron chi connectivity index (χ3n) is 2.67. The fourth-order valence-corrected chi connectivity index (χ4v) is 1.65. The first-order valence-corrected chi connectivity index (χ1v) is 5.16. The van der Waals surface area contributed by atoms with Crippen LogP contribution < -0.4 is 0 Å². The Balaban J connectivity index is 2.46. The van der Waals surface area contributed by atoms with Crippen molar-refractivity contribution in [2.24, 2.45) is 5.92 Å². The number of carboxylic acid groups (broad SMARTS) is 1. The van der Waals surface area contributed by atoms with E-state index in [0.717, 1.165) is 6.54 Å². The zero-order chi connectivity index (χ0) is 11.4. The van der Waals surface area contributed by atoms with Crippen molar-refractivity contribution in [2.75, 3.05) is 33.7 Å². The van der Waals surface area contributed by atoms with E-state index in [1.165, 1.54) is 0 Å². The SMILES string of the molecule is CN(C)CCN1C[C@H](C(=O)O)CCC1=O. The largest absolute Gasteiger partial charge is 0.481 e. The summed E-state index contributed by atoms with van der Waals surface area (Å²) in [6.07, 6.45) is 0.844. The Morgan fingerprint density at radius 2 is 2.27 bits per heavy atom. The molecule has 1 atom stereocenters. The molecule has 5 nitrogen and oxygen atoms in total. The molecular formula is C10H18N2O3. The molecule has 0 spiro atoms. The number of carboxylic acids is 1. The minimum absolute atomic E-state index is 0.0781. The van der Waals surface area contributed by atoms with Crippen LogP contribution in [-0.4, -0.2) is 60.5 Å². The van der Waals surface area contributed by atoms with Crippen molar-refractivity contribution in [1.29, 1.82) is 0 Å². The maximum absolute atomic E-state index is 11.5. The zero-order valence-electron chi connectivity index (χ0n) is 9.27. The number of hydrogen-bond donors (Lipinski definition) is 1. The van der Waals surface area contributed by atoms with E-state index < -0.39 is 5.97 Å². The van der Waals surface area contributed by atoms with E-state index >= 15 is 0 Å². The summed E-state index contributed by atoms with van der Waals surface area (Å²) in [5, 5.41) is 8.87. The Morgan fingerprint density at radius 1 is 1.60 bits per heavy atom. The quantitative estimate of drug-likeness (QED) is 0.708. The number of piperidine rings is 1. The Hall–Kier alpha value is -1.10. The van der Waals surface area contributed by atoms with Crippen LogP contribution in [0.15, 0.2) is 0 Å². The van der Waals surface area contributed by atoms with Gasteiger partial charge in [-0.1, -0.05) is 0 Å². The number of amides is 1. The standard InChI is InChI=1S/C10H18N2O3/c1-11(2)5-6-12-7-8(10(14)15)3-4-9(12)13/h8H,3-7H2,1-2H3,(H,14,15)/t8-/m1/s1. The maximum Gasteiger partial charge on any atom is 0.308 e. The van der Waals surface area contributed by atoms with Crippen LogP contribution in [0.25, 0.3) is 0 Å². The van der Waals surface area contributed by atoms with Crippen molar-refractivity contribution in [3.8, 4) is 0 Å². The van der Waals surface area contributed by atoms with Gasteiger partial charge in [0.05, 0.1) is 5.92 Å². The van der Waals surface area contributed by atoms with E-state index in [4.69, 9.17) is 5.11 Å². The first-order valence-electron chi connectivity index (χ1n) is 5.16. The predicted molar refractivity (Wildman–Crippen MR) is 55.5 cm³/mol. The van der Waals surface area contributed by atoms with Gasteiger partial charge in [0.25, 0.3) is 0 Å². The number of likely N-dealkylation sites (N-methyl/N-ethyl adjacent to an activating group) is 1. The molecule has 1 aliphatic heterocycles. The van der Waals surface area contributed by atoms with E-state index in [9.17, 15) is 9.59 Å². The second kappa shape index (κ2) is 5.11. The second-order valence-corrected chi connectivity index (χ2v) is 4.22. The summed E-state index contributed by atoms with van der Waals surface area (Å²) in [5.74, 6) is -1.10. The van der Waals surface area contributed by atoms with Crippen molar-refractivity contribution in [3.63, 3.8) is 0 Å². The van der Waals surface area contributed by atoms with Crippen LogP contribution in [0.3, 0.4) is 0 Å². The molecule has 0 aliphatic carbocycles. The lowest BCUT2D eigenvalue weighted by atomic mass is 9.98. The molecule has 0 saturated carbocycles. The van der Waals surface area contributed by atoms with Crippen LogP contribution in [0, 0.1) is 5.92 Å². The average molecular weight is 214 g/mol. The van der Waals surface area contributed by atoms with Crippen LogP contribution in [0.1, 0.15) is 12.8 Å². The molecule has 5 heteroatoms. The van der Waals surface area contributed by atoms with E-state index in [2.05, 4.69) is 0 Å². The van der Waals surface area contributed by atoms with Crippen LogP contribution in [0.2, 0.25) is 0 Å². The van der Waals surface area contributed by atoms with Gasteiger partial charge in [-0.3, -0.25) is 9.59 Å². The highest BCUT2D eigenvalue weighted by Gasteiger charge is 2.29. The topological polar surface area (TPSA) is 60.9 Å². The zero-order valence-corrected chi connectivity index (χ0v) is 9.27. The molecule has 1 amide bonds. The lowest BCUT2D eigenvalue weighted by Gasteiger charge is -2.31. The Labute approximate surface area is 89.7 Å². The molecule has 0 aromatic rings. The van der Waals surface area contributed by atoms with Crippen molar-refractivity contribution in [2.45, 2.75) is 12.8 Å². The normalized spacial score (nSPS) is 22.2. The third-order valence-corrected chi connectivity index (χ3v) is 2.67. The number of carbonyl (C=O) groups excluding carboxylic acids is 1. The number of likely N-dealkylation sites (tertiary alicyclic amines) is 1. The van der Waals surface area contributed by atoms with E-state index in [1.54, 1.807) is 4.90 Å². The summed E-state index contributed by atoms with van der Waals surface area (Å²) in [6.45, 7) is 1.76. The highest BCUT2D eigenvalue weighted by molar-refractivity contribution is 5.80. The Kier molecular flexibility index (Phi) is 4.08. The molecular weight excluding hydrogens is 196 g/mol. The molecule has 15 heavy (non-hydrogen) atoms. The molecule has 0 aromatic heterocycles. The van der Waals surface area contributed by atoms with Crippen LogP contribution in [0.4, 0.5) is 0 Å². The van der Waals surface area contributed by atoms with E-state index in [-0.39, 0.29) is 11.8 Å². The molecule has 1 rings (SSSR count). The lowest BCUT2D eigenvalue weighted by Crippen LogP contribution is -2.45. The molecule has 1 saturated heterocycles. The summed E-state index contributed by atoms with van der Waals surface area (Å²) in [5.41, 5.74) is 0. The Morgan fingerprint density at radius 3 is 2.80 bits per heavy atom. The molecule has 1 N–H and O–H groups in total. The van der Waals surface area contributed by atoms with Crippen molar-refractivity contribution < 1.29 is 14.7 Å². The number of carbonyl (C=O) groups is 2. The van der Waals surface area contributed by atoms with E-state index in [0.29, 0.717) is 25.9 Å². The van der Waals surface area contributed by atoms with Gasteiger partial charge in [0.1, 0.15) is 0 Å². The third kappa shape index (κ3) is 3.51. The predicted octanol–water partition coefficient (Wildman–Crippen LogP) is -0.129. The van der Waals surface area contributed by atoms with Crippen molar-refractivity contribution in [3.05, 3.63) is 0 Å². The first-order chi connectivity index (χ1) is 7.00. The molecule has 0 aromatic carbocycles. The van der Waals surface area contributed by atoms with Gasteiger partial charge in [-0.05, 0) is 20.5 Å². The first kappa shape index (κ1) is 12.0. The van der Waals surface area contributed by atoms with Crippen molar-refractivity contribution in [1.82, 2.24) is 9.80 Å².